The van der Waals surface area contributed by atoms with Crippen LogP contribution in [-0.2, 0) is 14.8 Å². The zero-order chi connectivity index (χ0) is 17.6. The number of halogens is 1. The van der Waals surface area contributed by atoms with Crippen LogP contribution in [0.25, 0.3) is 6.08 Å². The lowest BCUT2D eigenvalue weighted by molar-refractivity contribution is -0.114. The van der Waals surface area contributed by atoms with E-state index in [-0.39, 0.29) is 4.90 Å². The van der Waals surface area contributed by atoms with E-state index in [1.165, 1.54) is 36.5 Å². The Morgan fingerprint density at radius 1 is 1.29 bits per heavy atom. The molecule has 0 radical (unpaired) electrons. The summed E-state index contributed by atoms with van der Waals surface area (Å²) >= 11 is 0. The number of hydrogen-bond acceptors (Lipinski definition) is 5. The molecule has 0 aliphatic rings. The summed E-state index contributed by atoms with van der Waals surface area (Å²) in [6.07, 6.45) is 4.61. The molecule has 1 aromatic carbocycles. The van der Waals surface area contributed by atoms with Gasteiger partial charge < -0.3 is 4.74 Å². The van der Waals surface area contributed by atoms with Gasteiger partial charge in [0.25, 0.3) is 15.9 Å². The predicted octanol–water partition coefficient (Wildman–Crippen LogP) is 2.14. The molecular formula is C16H15FN2O4S. The van der Waals surface area contributed by atoms with Crippen molar-refractivity contribution >= 4 is 22.0 Å². The number of amides is 1. The molecule has 0 spiro atoms. The molecule has 0 atom stereocenters. The Morgan fingerprint density at radius 2 is 2.00 bits per heavy atom. The van der Waals surface area contributed by atoms with Gasteiger partial charge in [-0.15, -0.1) is 0 Å². The van der Waals surface area contributed by atoms with E-state index in [1.54, 1.807) is 0 Å². The second kappa shape index (κ2) is 7.69. The Hall–Kier alpha value is -2.74. The van der Waals surface area contributed by atoms with Crippen LogP contribution in [0.1, 0.15) is 12.5 Å². The number of carbonyl (C=O) groups excluding carboxylic acids is 1. The van der Waals surface area contributed by atoms with Crippen LogP contribution in [-0.4, -0.2) is 25.9 Å². The fraction of sp³-hybridized carbons (Fsp3) is 0.125. The van der Waals surface area contributed by atoms with Gasteiger partial charge in [-0.2, -0.15) is 0 Å². The Kier molecular flexibility index (Phi) is 5.64. The summed E-state index contributed by atoms with van der Waals surface area (Å²) < 4.78 is 44.3. The second-order valence-corrected chi connectivity index (χ2v) is 6.33. The van der Waals surface area contributed by atoms with Crippen LogP contribution in [0.2, 0.25) is 0 Å². The summed E-state index contributed by atoms with van der Waals surface area (Å²) in [5, 5.41) is 0. The number of carbonyl (C=O) groups is 1. The molecule has 2 rings (SSSR count). The fourth-order valence-electron chi connectivity index (χ4n) is 1.80. The molecule has 0 unspecified atom stereocenters. The van der Waals surface area contributed by atoms with Crippen LogP contribution in [0.5, 0.6) is 5.75 Å². The molecule has 0 aliphatic heterocycles. The molecule has 1 heterocycles. The van der Waals surface area contributed by atoms with Gasteiger partial charge in [-0.1, -0.05) is 0 Å². The van der Waals surface area contributed by atoms with Gasteiger partial charge in [0, 0.05) is 12.3 Å². The minimum absolute atomic E-state index is 0.0693. The molecular weight excluding hydrogens is 335 g/mol. The van der Waals surface area contributed by atoms with E-state index >= 15 is 0 Å². The van der Waals surface area contributed by atoms with Gasteiger partial charge in [-0.3, -0.25) is 9.78 Å². The maximum absolute atomic E-state index is 13.0. The van der Waals surface area contributed by atoms with Crippen molar-refractivity contribution in [1.29, 1.82) is 0 Å². The van der Waals surface area contributed by atoms with E-state index in [2.05, 4.69) is 4.98 Å². The average Bonchev–Trinajstić information content (AvgIpc) is 2.53. The first-order valence-corrected chi connectivity index (χ1v) is 8.47. The second-order valence-electron chi connectivity index (χ2n) is 4.64. The highest BCUT2D eigenvalue weighted by atomic mass is 32.2. The molecule has 126 valence electrons. The van der Waals surface area contributed by atoms with Crippen LogP contribution in [0.15, 0.2) is 53.7 Å². The Labute approximate surface area is 139 Å². The molecule has 1 amide bonds. The van der Waals surface area contributed by atoms with Gasteiger partial charge in [0.05, 0.1) is 17.7 Å². The summed E-state index contributed by atoms with van der Waals surface area (Å²) in [7, 11) is -4.00. The smallest absolute Gasteiger partial charge is 0.264 e. The van der Waals surface area contributed by atoms with Crippen molar-refractivity contribution in [2.75, 3.05) is 6.61 Å². The van der Waals surface area contributed by atoms with Gasteiger partial charge in [0.15, 0.2) is 0 Å². The van der Waals surface area contributed by atoms with Crippen molar-refractivity contribution in [2.45, 2.75) is 11.8 Å². The predicted molar refractivity (Wildman–Crippen MR) is 86.2 cm³/mol. The van der Waals surface area contributed by atoms with E-state index in [1.807, 2.05) is 11.6 Å². The maximum Gasteiger partial charge on any atom is 0.264 e. The molecule has 2 aromatic rings. The van der Waals surface area contributed by atoms with E-state index in [4.69, 9.17) is 4.74 Å². The zero-order valence-electron chi connectivity index (χ0n) is 12.8. The number of nitrogens with zero attached hydrogens (tertiary/aromatic N) is 1. The standard InChI is InChI=1S/C16H15FN2O4S/c1-2-23-14-4-6-15(7-5-14)24(21,22)19-16(20)8-3-12-9-13(17)11-18-10-12/h3-11H,2H2,1H3,(H,19,20). The van der Waals surface area contributed by atoms with Crippen molar-refractivity contribution < 1.29 is 22.3 Å². The van der Waals surface area contributed by atoms with Crippen LogP contribution >= 0.6 is 0 Å². The highest BCUT2D eigenvalue weighted by Crippen LogP contribution is 2.15. The maximum atomic E-state index is 13.0. The first-order chi connectivity index (χ1) is 11.4. The summed E-state index contributed by atoms with van der Waals surface area (Å²) in [5.74, 6) is -0.881. The average molecular weight is 350 g/mol. The summed E-state index contributed by atoms with van der Waals surface area (Å²) in [6, 6.07) is 6.83. The van der Waals surface area contributed by atoms with E-state index in [9.17, 15) is 17.6 Å². The largest absolute Gasteiger partial charge is 0.494 e. The molecule has 0 aliphatic carbocycles. The van der Waals surface area contributed by atoms with Crippen molar-refractivity contribution in [2.24, 2.45) is 0 Å². The molecule has 0 saturated carbocycles. The van der Waals surface area contributed by atoms with Gasteiger partial charge in [-0.05, 0) is 48.9 Å². The van der Waals surface area contributed by atoms with Crippen molar-refractivity contribution in [3.63, 3.8) is 0 Å². The Balaban J connectivity index is 2.06. The third-order valence-corrected chi connectivity index (χ3v) is 4.20. The lowest BCUT2D eigenvalue weighted by Gasteiger charge is -2.06. The lowest BCUT2D eigenvalue weighted by Crippen LogP contribution is -2.28. The van der Waals surface area contributed by atoms with E-state index < -0.39 is 21.7 Å². The van der Waals surface area contributed by atoms with Crippen LogP contribution in [0.4, 0.5) is 4.39 Å². The van der Waals surface area contributed by atoms with Crippen LogP contribution in [0.3, 0.4) is 0 Å². The number of hydrogen-bond donors (Lipinski definition) is 1. The summed E-state index contributed by atoms with van der Waals surface area (Å²) in [5.41, 5.74) is 0.337. The molecule has 1 aromatic heterocycles. The molecule has 0 saturated heterocycles. The number of sulfonamides is 1. The van der Waals surface area contributed by atoms with E-state index in [0.717, 1.165) is 18.3 Å². The van der Waals surface area contributed by atoms with Gasteiger partial charge >= 0.3 is 0 Å². The summed E-state index contributed by atoms with van der Waals surface area (Å²) in [6.45, 7) is 2.27. The number of nitrogens with one attached hydrogen (secondary N) is 1. The van der Waals surface area contributed by atoms with Crippen molar-refractivity contribution in [3.05, 3.63) is 60.2 Å². The molecule has 24 heavy (non-hydrogen) atoms. The third-order valence-electron chi connectivity index (χ3n) is 2.83. The molecule has 1 N–H and O–H groups in total. The fourth-order valence-corrected chi connectivity index (χ4v) is 2.74. The van der Waals surface area contributed by atoms with Gasteiger partial charge in [0.2, 0.25) is 0 Å². The van der Waals surface area contributed by atoms with E-state index in [0.29, 0.717) is 17.9 Å². The zero-order valence-corrected chi connectivity index (χ0v) is 13.6. The first kappa shape index (κ1) is 17.6. The third kappa shape index (κ3) is 4.88. The normalized spacial score (nSPS) is 11.4. The summed E-state index contributed by atoms with van der Waals surface area (Å²) in [4.78, 5) is 15.3. The monoisotopic (exact) mass is 350 g/mol. The number of rotatable bonds is 6. The number of aromatic nitrogens is 1. The molecule has 8 heteroatoms. The highest BCUT2D eigenvalue weighted by molar-refractivity contribution is 7.90. The quantitative estimate of drug-likeness (QED) is 0.807. The topological polar surface area (TPSA) is 85.4 Å². The number of ether oxygens (including phenoxy) is 1. The molecule has 0 fully saturated rings. The Morgan fingerprint density at radius 3 is 2.62 bits per heavy atom. The minimum Gasteiger partial charge on any atom is -0.494 e. The minimum atomic E-state index is -4.00. The number of benzene rings is 1. The van der Waals surface area contributed by atoms with Gasteiger partial charge in [-0.25, -0.2) is 17.5 Å². The van der Waals surface area contributed by atoms with Crippen LogP contribution in [0, 0.1) is 5.82 Å². The van der Waals surface area contributed by atoms with Crippen molar-refractivity contribution in [3.8, 4) is 5.75 Å². The van der Waals surface area contributed by atoms with Gasteiger partial charge in [0.1, 0.15) is 11.6 Å². The van der Waals surface area contributed by atoms with Crippen LogP contribution < -0.4 is 9.46 Å². The highest BCUT2D eigenvalue weighted by Gasteiger charge is 2.16. The SMILES string of the molecule is CCOc1ccc(S(=O)(=O)NC(=O)C=Cc2cncc(F)c2)cc1. The molecule has 6 nitrogen and oxygen atoms in total. The Bertz CT molecular complexity index is 849. The lowest BCUT2D eigenvalue weighted by atomic mass is 10.2. The molecule has 0 bridgehead atoms. The van der Waals surface area contributed by atoms with Crippen molar-refractivity contribution in [1.82, 2.24) is 9.71 Å². The number of pyridine rings is 1. The first-order valence-electron chi connectivity index (χ1n) is 6.99.